The minimum Gasteiger partial charge on any atom is -0.481 e. The van der Waals surface area contributed by atoms with Gasteiger partial charge >= 0.3 is 5.69 Å². The van der Waals surface area contributed by atoms with Gasteiger partial charge < -0.3 is 10.1 Å². The van der Waals surface area contributed by atoms with Crippen LogP contribution in [-0.2, 0) is 0 Å². The molecule has 1 heterocycles. The van der Waals surface area contributed by atoms with Crippen LogP contribution in [0.25, 0.3) is 0 Å². The number of rotatable bonds is 6. The Labute approximate surface area is 112 Å². The second-order valence-electron chi connectivity index (χ2n) is 4.84. The van der Waals surface area contributed by atoms with Gasteiger partial charge in [-0.1, -0.05) is 25.7 Å². The summed E-state index contributed by atoms with van der Waals surface area (Å²) in [6, 6.07) is 2.92. The van der Waals surface area contributed by atoms with Crippen LogP contribution < -0.4 is 10.1 Å². The number of hydrogen-bond acceptors (Lipinski definition) is 5. The summed E-state index contributed by atoms with van der Waals surface area (Å²) in [7, 11) is 1.50. The van der Waals surface area contributed by atoms with E-state index in [1.54, 1.807) is 0 Å². The molecule has 6 heteroatoms. The first-order valence-corrected chi connectivity index (χ1v) is 6.64. The van der Waals surface area contributed by atoms with Gasteiger partial charge in [-0.15, -0.1) is 0 Å². The highest BCUT2D eigenvalue weighted by Gasteiger charge is 2.18. The van der Waals surface area contributed by atoms with Crippen molar-refractivity contribution in [2.45, 2.75) is 32.1 Å². The van der Waals surface area contributed by atoms with E-state index in [4.69, 9.17) is 4.74 Å². The molecule has 0 aromatic carbocycles. The second kappa shape index (κ2) is 6.36. The largest absolute Gasteiger partial charge is 0.481 e. The molecule has 6 nitrogen and oxygen atoms in total. The molecule has 1 aromatic heterocycles. The fourth-order valence-electron chi connectivity index (χ4n) is 2.52. The Morgan fingerprint density at radius 2 is 2.21 bits per heavy atom. The van der Waals surface area contributed by atoms with E-state index < -0.39 is 4.92 Å². The lowest BCUT2D eigenvalue weighted by atomic mass is 10.0. The molecular weight excluding hydrogens is 246 g/mol. The third-order valence-electron chi connectivity index (χ3n) is 3.57. The molecule has 0 spiro atoms. The lowest BCUT2D eigenvalue weighted by Gasteiger charge is -2.11. The van der Waals surface area contributed by atoms with Gasteiger partial charge in [-0.25, -0.2) is 0 Å². The van der Waals surface area contributed by atoms with Crippen molar-refractivity contribution in [3.8, 4) is 5.88 Å². The maximum Gasteiger partial charge on any atom is 0.311 e. The second-order valence-corrected chi connectivity index (χ2v) is 4.84. The van der Waals surface area contributed by atoms with Crippen LogP contribution in [0.1, 0.15) is 32.1 Å². The fourth-order valence-corrected chi connectivity index (χ4v) is 2.52. The van der Waals surface area contributed by atoms with Gasteiger partial charge in [-0.3, -0.25) is 10.1 Å². The molecule has 0 radical (unpaired) electrons. The van der Waals surface area contributed by atoms with E-state index in [9.17, 15) is 10.1 Å². The smallest absolute Gasteiger partial charge is 0.311 e. The zero-order chi connectivity index (χ0) is 13.7. The molecule has 0 atom stereocenters. The minimum atomic E-state index is -0.426. The van der Waals surface area contributed by atoms with Crippen molar-refractivity contribution in [1.29, 1.82) is 0 Å². The summed E-state index contributed by atoms with van der Waals surface area (Å²) in [6.07, 6.45) is 6.20. The van der Waals surface area contributed by atoms with E-state index in [2.05, 4.69) is 10.3 Å². The van der Waals surface area contributed by atoms with Gasteiger partial charge in [0.1, 0.15) is 0 Å². The molecule has 0 amide bonds. The molecule has 0 bridgehead atoms. The maximum atomic E-state index is 10.9. The Morgan fingerprint density at radius 3 is 2.84 bits per heavy atom. The Hall–Kier alpha value is -1.85. The van der Waals surface area contributed by atoms with E-state index >= 15 is 0 Å². The van der Waals surface area contributed by atoms with Crippen molar-refractivity contribution >= 4 is 11.5 Å². The number of nitrogens with one attached hydrogen (secondary N) is 1. The van der Waals surface area contributed by atoms with Gasteiger partial charge in [-0.05, 0) is 12.3 Å². The van der Waals surface area contributed by atoms with Crippen LogP contribution in [-0.4, -0.2) is 23.6 Å². The van der Waals surface area contributed by atoms with Crippen molar-refractivity contribution in [3.05, 3.63) is 22.2 Å². The van der Waals surface area contributed by atoms with Crippen LogP contribution in [0.4, 0.5) is 11.5 Å². The normalized spacial score (nSPS) is 15.4. The first-order valence-electron chi connectivity index (χ1n) is 6.64. The summed E-state index contributed by atoms with van der Waals surface area (Å²) in [4.78, 5) is 14.6. The van der Waals surface area contributed by atoms with E-state index in [1.807, 2.05) is 0 Å². The zero-order valence-corrected chi connectivity index (χ0v) is 11.1. The molecule has 19 heavy (non-hydrogen) atoms. The summed E-state index contributed by atoms with van der Waals surface area (Å²) < 4.78 is 5.00. The highest BCUT2D eigenvalue weighted by Crippen LogP contribution is 2.28. The van der Waals surface area contributed by atoms with E-state index in [0.29, 0.717) is 18.2 Å². The number of aromatic nitrogens is 1. The molecule has 1 aliphatic rings. The number of anilines is 1. The van der Waals surface area contributed by atoms with Crippen LogP contribution in [0.3, 0.4) is 0 Å². The monoisotopic (exact) mass is 265 g/mol. The van der Waals surface area contributed by atoms with Crippen molar-refractivity contribution in [2.75, 3.05) is 19.0 Å². The predicted molar refractivity (Wildman–Crippen MR) is 72.5 cm³/mol. The van der Waals surface area contributed by atoms with Crippen molar-refractivity contribution < 1.29 is 9.66 Å². The molecule has 1 saturated carbocycles. The van der Waals surface area contributed by atoms with Gasteiger partial charge in [0.25, 0.3) is 0 Å². The number of methoxy groups -OCH3 is 1. The predicted octanol–water partition coefficient (Wildman–Crippen LogP) is 2.99. The standard InChI is InChI=1S/C13H19N3O3/c1-19-12-7-6-11(16(17)18)13(15-12)14-9-8-10-4-2-3-5-10/h6-7,10H,2-5,8-9H2,1H3,(H,14,15). The van der Waals surface area contributed by atoms with Crippen LogP contribution in [0.2, 0.25) is 0 Å². The van der Waals surface area contributed by atoms with Gasteiger partial charge in [0.15, 0.2) is 0 Å². The van der Waals surface area contributed by atoms with Crippen LogP contribution in [0.15, 0.2) is 12.1 Å². The van der Waals surface area contributed by atoms with E-state index in [-0.39, 0.29) is 5.69 Å². The summed E-state index contributed by atoms with van der Waals surface area (Å²) in [5, 5.41) is 14.0. The average Bonchev–Trinajstić information content (AvgIpc) is 2.91. The van der Waals surface area contributed by atoms with Gasteiger partial charge in [0.05, 0.1) is 12.0 Å². The van der Waals surface area contributed by atoms with Gasteiger partial charge in [0, 0.05) is 18.7 Å². The van der Waals surface area contributed by atoms with Crippen molar-refractivity contribution in [3.63, 3.8) is 0 Å². The summed E-state index contributed by atoms with van der Waals surface area (Å²) in [6.45, 7) is 0.714. The molecule has 0 unspecified atom stereocenters. The molecule has 1 fully saturated rings. The average molecular weight is 265 g/mol. The highest BCUT2D eigenvalue weighted by molar-refractivity contribution is 5.56. The van der Waals surface area contributed by atoms with Crippen LogP contribution >= 0.6 is 0 Å². The number of ether oxygens (including phenoxy) is 1. The maximum absolute atomic E-state index is 10.9. The molecular formula is C13H19N3O3. The molecule has 0 aliphatic heterocycles. The quantitative estimate of drug-likeness (QED) is 0.632. The number of hydrogen-bond donors (Lipinski definition) is 1. The van der Waals surface area contributed by atoms with Gasteiger partial charge in [0.2, 0.25) is 11.7 Å². The lowest BCUT2D eigenvalue weighted by Crippen LogP contribution is -2.10. The molecule has 2 rings (SSSR count). The van der Waals surface area contributed by atoms with E-state index in [1.165, 1.54) is 44.9 Å². The number of nitrogens with zero attached hydrogens (tertiary/aromatic N) is 2. The number of pyridine rings is 1. The third kappa shape index (κ3) is 3.56. The van der Waals surface area contributed by atoms with Crippen LogP contribution in [0.5, 0.6) is 5.88 Å². The van der Waals surface area contributed by atoms with Crippen molar-refractivity contribution in [2.24, 2.45) is 5.92 Å². The molecule has 1 aliphatic carbocycles. The summed E-state index contributed by atoms with van der Waals surface area (Å²) in [5.41, 5.74) is -0.00720. The third-order valence-corrected chi connectivity index (χ3v) is 3.57. The lowest BCUT2D eigenvalue weighted by molar-refractivity contribution is -0.384. The van der Waals surface area contributed by atoms with Crippen LogP contribution in [0, 0.1) is 16.0 Å². The molecule has 1 N–H and O–H groups in total. The molecule has 1 aromatic rings. The summed E-state index contributed by atoms with van der Waals surface area (Å²) in [5.74, 6) is 1.42. The Kier molecular flexibility index (Phi) is 4.54. The summed E-state index contributed by atoms with van der Waals surface area (Å²) >= 11 is 0. The first-order chi connectivity index (χ1) is 9.20. The first kappa shape index (κ1) is 13.6. The topological polar surface area (TPSA) is 77.3 Å². The molecule has 0 saturated heterocycles. The molecule has 104 valence electrons. The number of nitro groups is 1. The van der Waals surface area contributed by atoms with Crippen molar-refractivity contribution in [1.82, 2.24) is 4.98 Å². The Bertz CT molecular complexity index is 445. The SMILES string of the molecule is COc1ccc([N+](=O)[O-])c(NCCC2CCCC2)n1. The highest BCUT2D eigenvalue weighted by atomic mass is 16.6. The fraction of sp³-hybridized carbons (Fsp3) is 0.615. The zero-order valence-electron chi connectivity index (χ0n) is 11.1. The van der Waals surface area contributed by atoms with Gasteiger partial charge in [-0.2, -0.15) is 4.98 Å². The Morgan fingerprint density at radius 1 is 1.47 bits per heavy atom. The van der Waals surface area contributed by atoms with E-state index in [0.717, 1.165) is 12.3 Å². The Balaban J connectivity index is 1.98. The minimum absolute atomic E-state index is 0.00720.